The van der Waals surface area contributed by atoms with E-state index < -0.39 is 0 Å². The maximum atomic E-state index is 8.79. The third-order valence-corrected chi connectivity index (χ3v) is 2.02. The van der Waals surface area contributed by atoms with Crippen LogP contribution in [0.3, 0.4) is 0 Å². The lowest BCUT2D eigenvalue weighted by atomic mass is 10.2. The van der Waals surface area contributed by atoms with Gasteiger partial charge in [0.05, 0.1) is 6.20 Å². The van der Waals surface area contributed by atoms with Crippen molar-refractivity contribution in [3.63, 3.8) is 0 Å². The standard InChI is InChI=1S/C9H10N4O/c1-6-12-3-7(2-10)9(13-6)14-8-4-11-5-8/h3,8,11H,4-5H2,1H3. The van der Waals surface area contributed by atoms with E-state index in [1.165, 1.54) is 6.20 Å². The third kappa shape index (κ3) is 1.65. The molecule has 0 radical (unpaired) electrons. The molecule has 2 heterocycles. The molecule has 0 amide bonds. The maximum absolute atomic E-state index is 8.79. The van der Waals surface area contributed by atoms with Crippen molar-refractivity contribution in [2.45, 2.75) is 13.0 Å². The molecular weight excluding hydrogens is 180 g/mol. The summed E-state index contributed by atoms with van der Waals surface area (Å²) >= 11 is 0. The zero-order valence-electron chi connectivity index (χ0n) is 7.82. The Balaban J connectivity index is 2.21. The van der Waals surface area contributed by atoms with E-state index in [9.17, 15) is 0 Å². The highest BCUT2D eigenvalue weighted by molar-refractivity contribution is 5.35. The van der Waals surface area contributed by atoms with E-state index >= 15 is 0 Å². The van der Waals surface area contributed by atoms with Gasteiger partial charge in [-0.1, -0.05) is 0 Å². The summed E-state index contributed by atoms with van der Waals surface area (Å²) in [6, 6.07) is 2.01. The number of aryl methyl sites for hydroxylation is 1. The first-order chi connectivity index (χ1) is 6.79. The van der Waals surface area contributed by atoms with Crippen LogP contribution in [0.4, 0.5) is 0 Å². The molecule has 2 rings (SSSR count). The van der Waals surface area contributed by atoms with Crippen molar-refractivity contribution >= 4 is 0 Å². The van der Waals surface area contributed by atoms with Crippen molar-refractivity contribution in [2.75, 3.05) is 13.1 Å². The molecule has 0 saturated carbocycles. The normalized spacial score (nSPS) is 15.7. The Labute approximate surface area is 81.7 Å². The van der Waals surface area contributed by atoms with Gasteiger partial charge in [0.25, 0.3) is 0 Å². The number of nitriles is 1. The van der Waals surface area contributed by atoms with Crippen LogP contribution < -0.4 is 10.1 Å². The predicted molar refractivity (Wildman–Crippen MR) is 48.8 cm³/mol. The van der Waals surface area contributed by atoms with E-state index in [-0.39, 0.29) is 6.10 Å². The first-order valence-corrected chi connectivity index (χ1v) is 4.40. The van der Waals surface area contributed by atoms with Gasteiger partial charge in [0.15, 0.2) is 0 Å². The van der Waals surface area contributed by atoms with Crippen LogP contribution in [0.25, 0.3) is 0 Å². The first kappa shape index (κ1) is 8.91. The Morgan fingerprint density at radius 1 is 1.64 bits per heavy atom. The highest BCUT2D eigenvalue weighted by atomic mass is 16.5. The monoisotopic (exact) mass is 190 g/mol. The van der Waals surface area contributed by atoms with Crippen molar-refractivity contribution in [2.24, 2.45) is 0 Å². The van der Waals surface area contributed by atoms with Gasteiger partial charge in [-0.2, -0.15) is 10.2 Å². The number of hydrogen-bond donors (Lipinski definition) is 1. The lowest BCUT2D eigenvalue weighted by Gasteiger charge is -2.27. The van der Waals surface area contributed by atoms with E-state index in [0.717, 1.165) is 13.1 Å². The van der Waals surface area contributed by atoms with E-state index in [1.54, 1.807) is 6.92 Å². The summed E-state index contributed by atoms with van der Waals surface area (Å²) < 4.78 is 5.52. The first-order valence-electron chi connectivity index (χ1n) is 4.40. The Hall–Kier alpha value is -1.67. The Morgan fingerprint density at radius 2 is 2.43 bits per heavy atom. The second-order valence-corrected chi connectivity index (χ2v) is 3.15. The molecule has 72 valence electrons. The average Bonchev–Trinajstić information content (AvgIpc) is 2.12. The predicted octanol–water partition coefficient (Wildman–Crippen LogP) is 0.00730. The second kappa shape index (κ2) is 3.60. The van der Waals surface area contributed by atoms with Gasteiger partial charge in [-0.25, -0.2) is 4.98 Å². The molecule has 1 aromatic rings. The fourth-order valence-corrected chi connectivity index (χ4v) is 1.12. The summed E-state index contributed by atoms with van der Waals surface area (Å²) in [5.74, 6) is 1.01. The smallest absolute Gasteiger partial charge is 0.235 e. The Morgan fingerprint density at radius 3 is 3.00 bits per heavy atom. The van der Waals surface area contributed by atoms with Crippen LogP contribution in [-0.4, -0.2) is 29.2 Å². The van der Waals surface area contributed by atoms with Crippen LogP contribution in [-0.2, 0) is 0 Å². The van der Waals surface area contributed by atoms with Crippen molar-refractivity contribution in [1.29, 1.82) is 5.26 Å². The largest absolute Gasteiger partial charge is 0.471 e. The van der Waals surface area contributed by atoms with Crippen molar-refractivity contribution in [1.82, 2.24) is 15.3 Å². The zero-order chi connectivity index (χ0) is 9.97. The molecule has 0 atom stereocenters. The topological polar surface area (TPSA) is 70.8 Å². The minimum atomic E-state index is 0.136. The van der Waals surface area contributed by atoms with Gasteiger partial charge in [0, 0.05) is 13.1 Å². The van der Waals surface area contributed by atoms with Crippen molar-refractivity contribution < 1.29 is 4.74 Å². The maximum Gasteiger partial charge on any atom is 0.235 e. The molecule has 1 aliphatic rings. The summed E-state index contributed by atoms with van der Waals surface area (Å²) in [6.07, 6.45) is 1.63. The highest BCUT2D eigenvalue weighted by Crippen LogP contribution is 2.15. The summed E-state index contributed by atoms with van der Waals surface area (Å²) in [4.78, 5) is 8.01. The fraction of sp³-hybridized carbons (Fsp3) is 0.444. The van der Waals surface area contributed by atoms with Gasteiger partial charge in [-0.05, 0) is 6.92 Å². The molecule has 1 aliphatic heterocycles. The van der Waals surface area contributed by atoms with Crippen LogP contribution in [0.2, 0.25) is 0 Å². The molecule has 1 aromatic heterocycles. The van der Waals surface area contributed by atoms with Crippen LogP contribution in [0.1, 0.15) is 11.4 Å². The SMILES string of the molecule is Cc1ncc(C#N)c(OC2CNC2)n1. The molecule has 1 saturated heterocycles. The van der Waals surface area contributed by atoms with E-state index in [4.69, 9.17) is 10.00 Å². The molecule has 14 heavy (non-hydrogen) atoms. The summed E-state index contributed by atoms with van der Waals surface area (Å²) in [5, 5.41) is 11.9. The molecule has 0 bridgehead atoms. The summed E-state index contributed by atoms with van der Waals surface area (Å²) in [7, 11) is 0. The van der Waals surface area contributed by atoms with Crippen molar-refractivity contribution in [3.8, 4) is 11.9 Å². The fourth-order valence-electron chi connectivity index (χ4n) is 1.12. The molecule has 1 fully saturated rings. The van der Waals surface area contributed by atoms with E-state index in [0.29, 0.717) is 17.3 Å². The molecule has 0 spiro atoms. The number of nitrogens with zero attached hydrogens (tertiary/aromatic N) is 3. The molecule has 5 nitrogen and oxygen atoms in total. The average molecular weight is 190 g/mol. The highest BCUT2D eigenvalue weighted by Gasteiger charge is 2.20. The van der Waals surface area contributed by atoms with Crippen molar-refractivity contribution in [3.05, 3.63) is 17.6 Å². The van der Waals surface area contributed by atoms with Gasteiger partial charge in [-0.15, -0.1) is 0 Å². The van der Waals surface area contributed by atoms with E-state index in [1.807, 2.05) is 6.07 Å². The molecule has 0 unspecified atom stereocenters. The Bertz CT molecular complexity index is 381. The molecule has 5 heteroatoms. The van der Waals surface area contributed by atoms with E-state index in [2.05, 4.69) is 15.3 Å². The van der Waals surface area contributed by atoms with Crippen LogP contribution >= 0.6 is 0 Å². The van der Waals surface area contributed by atoms with Gasteiger partial charge in [0.2, 0.25) is 5.88 Å². The second-order valence-electron chi connectivity index (χ2n) is 3.15. The van der Waals surface area contributed by atoms with Gasteiger partial charge in [-0.3, -0.25) is 0 Å². The molecule has 0 aliphatic carbocycles. The summed E-state index contributed by atoms with van der Waals surface area (Å²) in [5.41, 5.74) is 0.391. The minimum Gasteiger partial charge on any atom is -0.471 e. The van der Waals surface area contributed by atoms with Crippen LogP contribution in [0.15, 0.2) is 6.20 Å². The van der Waals surface area contributed by atoms with Crippen LogP contribution in [0, 0.1) is 18.3 Å². The number of ether oxygens (including phenoxy) is 1. The molecule has 0 aromatic carbocycles. The lowest BCUT2D eigenvalue weighted by Crippen LogP contribution is -2.50. The number of hydrogen-bond acceptors (Lipinski definition) is 5. The van der Waals surface area contributed by atoms with Gasteiger partial charge < -0.3 is 10.1 Å². The minimum absolute atomic E-state index is 0.136. The summed E-state index contributed by atoms with van der Waals surface area (Å²) in [6.45, 7) is 3.40. The molecular formula is C9H10N4O. The van der Waals surface area contributed by atoms with Gasteiger partial charge >= 0.3 is 0 Å². The quantitative estimate of drug-likeness (QED) is 0.711. The number of aromatic nitrogens is 2. The lowest BCUT2D eigenvalue weighted by molar-refractivity contribution is 0.135. The number of nitrogens with one attached hydrogen (secondary N) is 1. The Kier molecular flexibility index (Phi) is 2.29. The zero-order valence-corrected chi connectivity index (χ0v) is 7.82. The number of rotatable bonds is 2. The molecule has 1 N–H and O–H groups in total. The third-order valence-electron chi connectivity index (χ3n) is 2.02. The van der Waals surface area contributed by atoms with Gasteiger partial charge in [0.1, 0.15) is 23.6 Å². The van der Waals surface area contributed by atoms with Crippen LogP contribution in [0.5, 0.6) is 5.88 Å².